The van der Waals surface area contributed by atoms with Gasteiger partial charge in [-0.25, -0.2) is 5.43 Å². The lowest BCUT2D eigenvalue weighted by molar-refractivity contribution is -0.123. The summed E-state index contributed by atoms with van der Waals surface area (Å²) in [6, 6.07) is 9.83. The highest BCUT2D eigenvalue weighted by Gasteiger charge is 2.41. The molecular formula is C18H25ClN6O2. The van der Waals surface area contributed by atoms with Crippen LogP contribution in [0.4, 0.5) is 0 Å². The molecule has 1 amide bonds. The molecule has 2 aliphatic rings. The van der Waals surface area contributed by atoms with Crippen molar-refractivity contribution >= 4 is 18.3 Å². The van der Waals surface area contributed by atoms with Crippen molar-refractivity contribution in [3.8, 4) is 11.4 Å². The van der Waals surface area contributed by atoms with Gasteiger partial charge >= 0.3 is 0 Å². The van der Waals surface area contributed by atoms with Gasteiger partial charge in [0.05, 0.1) is 5.92 Å². The summed E-state index contributed by atoms with van der Waals surface area (Å²) in [6.07, 6.45) is 1.03. The zero-order chi connectivity index (χ0) is 17.9. The quantitative estimate of drug-likeness (QED) is 0.597. The number of rotatable bonds is 5. The van der Waals surface area contributed by atoms with Gasteiger partial charge in [-0.05, 0) is 13.0 Å². The number of carbonyl (C=O) groups is 1. The molecule has 1 aromatic carbocycles. The molecular weight excluding hydrogens is 368 g/mol. The van der Waals surface area contributed by atoms with Crippen molar-refractivity contribution in [1.29, 1.82) is 0 Å². The molecule has 0 spiro atoms. The monoisotopic (exact) mass is 392 g/mol. The number of piperidine rings is 1. The Morgan fingerprint density at radius 2 is 2.15 bits per heavy atom. The second-order valence-electron chi connectivity index (χ2n) is 7.00. The van der Waals surface area contributed by atoms with E-state index >= 15 is 0 Å². The summed E-state index contributed by atoms with van der Waals surface area (Å²) in [4.78, 5) is 17.0. The van der Waals surface area contributed by atoms with Gasteiger partial charge in [0.15, 0.2) is 0 Å². The molecule has 0 bridgehead atoms. The van der Waals surface area contributed by atoms with E-state index in [1.165, 1.54) is 0 Å². The van der Waals surface area contributed by atoms with E-state index in [1.54, 1.807) is 0 Å². The van der Waals surface area contributed by atoms with E-state index in [1.807, 2.05) is 37.3 Å². The van der Waals surface area contributed by atoms with Crippen LogP contribution in [0, 0.1) is 5.92 Å². The van der Waals surface area contributed by atoms with Gasteiger partial charge in [0.2, 0.25) is 17.6 Å². The Kier molecular flexibility index (Phi) is 6.43. The van der Waals surface area contributed by atoms with Crippen LogP contribution < -0.4 is 21.5 Å². The van der Waals surface area contributed by atoms with Crippen molar-refractivity contribution in [2.75, 3.05) is 19.6 Å². The maximum Gasteiger partial charge on any atom is 0.238 e. The maximum atomic E-state index is 12.6. The minimum atomic E-state index is -0.220. The van der Waals surface area contributed by atoms with Gasteiger partial charge < -0.3 is 15.2 Å². The molecule has 0 aliphatic carbocycles. The third-order valence-electron chi connectivity index (χ3n) is 5.14. The Hall–Kier alpha value is -2.00. The second kappa shape index (κ2) is 8.79. The summed E-state index contributed by atoms with van der Waals surface area (Å²) in [5, 5.41) is 10.4. The SMILES string of the molecule is CC(CNC(=O)C1NNC2CCNCC21)c1nc(-c2ccccc2)no1.Cl. The number of hydrogen-bond acceptors (Lipinski definition) is 7. The molecule has 8 nitrogen and oxygen atoms in total. The standard InChI is InChI=1S/C18H24N6O2.ClH/c1-11(18-21-16(24-26-18)12-5-3-2-4-6-12)9-20-17(25)15-13-10-19-8-7-14(13)22-23-15;/h2-6,11,13-15,19,22-23H,7-10H2,1H3,(H,20,25);1H. The molecule has 2 fully saturated rings. The average Bonchev–Trinajstić information content (AvgIpc) is 3.34. The Labute approximate surface area is 164 Å². The molecule has 9 heteroatoms. The summed E-state index contributed by atoms with van der Waals surface area (Å²) in [7, 11) is 0. The predicted molar refractivity (Wildman–Crippen MR) is 103 cm³/mol. The number of nitrogens with zero attached hydrogens (tertiary/aromatic N) is 2. The third-order valence-corrected chi connectivity index (χ3v) is 5.14. The molecule has 4 N–H and O–H groups in total. The summed E-state index contributed by atoms with van der Waals surface area (Å²) in [5.74, 6) is 1.31. The van der Waals surface area contributed by atoms with E-state index < -0.39 is 0 Å². The van der Waals surface area contributed by atoms with Crippen molar-refractivity contribution in [2.24, 2.45) is 5.92 Å². The van der Waals surface area contributed by atoms with E-state index in [-0.39, 0.29) is 36.2 Å². The summed E-state index contributed by atoms with van der Waals surface area (Å²) in [6.45, 7) is 4.26. The molecule has 4 unspecified atom stereocenters. The van der Waals surface area contributed by atoms with Crippen LogP contribution in [0.25, 0.3) is 11.4 Å². The lowest BCUT2D eigenvalue weighted by Gasteiger charge is -2.27. The van der Waals surface area contributed by atoms with Gasteiger partial charge in [0, 0.05) is 30.6 Å². The highest BCUT2D eigenvalue weighted by molar-refractivity contribution is 5.85. The van der Waals surface area contributed by atoms with Gasteiger partial charge in [-0.15, -0.1) is 12.4 Å². The number of halogens is 1. The molecule has 3 heterocycles. The Bertz CT molecular complexity index is 755. The fourth-order valence-electron chi connectivity index (χ4n) is 3.57. The predicted octanol–water partition coefficient (Wildman–Crippen LogP) is 0.833. The first-order valence-corrected chi connectivity index (χ1v) is 9.11. The second-order valence-corrected chi connectivity index (χ2v) is 7.00. The number of hydrogen-bond donors (Lipinski definition) is 4. The zero-order valence-electron chi connectivity index (χ0n) is 15.1. The topological polar surface area (TPSA) is 104 Å². The molecule has 2 saturated heterocycles. The molecule has 2 aliphatic heterocycles. The Morgan fingerprint density at radius 1 is 1.33 bits per heavy atom. The van der Waals surface area contributed by atoms with Crippen LogP contribution in [0.3, 0.4) is 0 Å². The van der Waals surface area contributed by atoms with E-state index in [0.29, 0.717) is 24.3 Å². The van der Waals surface area contributed by atoms with Crippen LogP contribution in [0.15, 0.2) is 34.9 Å². The molecule has 4 atom stereocenters. The number of aromatic nitrogens is 2. The highest BCUT2D eigenvalue weighted by atomic mass is 35.5. The normalized spacial score (nSPS) is 25.3. The van der Waals surface area contributed by atoms with E-state index in [9.17, 15) is 4.79 Å². The summed E-state index contributed by atoms with van der Waals surface area (Å²) >= 11 is 0. The lowest BCUT2D eigenvalue weighted by atomic mass is 9.89. The number of benzene rings is 1. The zero-order valence-corrected chi connectivity index (χ0v) is 16.0. The molecule has 0 saturated carbocycles. The number of fused-ring (bicyclic) bond motifs is 1. The molecule has 27 heavy (non-hydrogen) atoms. The van der Waals surface area contributed by atoms with Crippen LogP contribution >= 0.6 is 12.4 Å². The summed E-state index contributed by atoms with van der Waals surface area (Å²) < 4.78 is 5.37. The average molecular weight is 393 g/mol. The molecule has 0 radical (unpaired) electrons. The number of amides is 1. The van der Waals surface area contributed by atoms with Crippen molar-refractivity contribution in [2.45, 2.75) is 31.3 Å². The number of hydrazine groups is 1. The minimum Gasteiger partial charge on any atom is -0.354 e. The lowest BCUT2D eigenvalue weighted by Crippen LogP contribution is -2.49. The van der Waals surface area contributed by atoms with Gasteiger partial charge in [0.1, 0.15) is 6.04 Å². The maximum absolute atomic E-state index is 12.6. The van der Waals surface area contributed by atoms with Crippen LogP contribution in [-0.2, 0) is 4.79 Å². The van der Waals surface area contributed by atoms with Crippen molar-refractivity contribution in [3.05, 3.63) is 36.2 Å². The van der Waals surface area contributed by atoms with Crippen LogP contribution in [0.2, 0.25) is 0 Å². The van der Waals surface area contributed by atoms with Crippen molar-refractivity contribution in [3.63, 3.8) is 0 Å². The Morgan fingerprint density at radius 3 is 2.96 bits per heavy atom. The first-order chi connectivity index (χ1) is 12.7. The smallest absolute Gasteiger partial charge is 0.238 e. The van der Waals surface area contributed by atoms with Crippen LogP contribution in [-0.4, -0.2) is 47.8 Å². The molecule has 146 valence electrons. The van der Waals surface area contributed by atoms with E-state index in [2.05, 4.69) is 31.6 Å². The first kappa shape index (κ1) is 19.8. The van der Waals surface area contributed by atoms with Crippen LogP contribution in [0.5, 0.6) is 0 Å². The van der Waals surface area contributed by atoms with Gasteiger partial charge in [-0.3, -0.25) is 10.2 Å². The highest BCUT2D eigenvalue weighted by Crippen LogP contribution is 2.21. The fraction of sp³-hybridized carbons (Fsp3) is 0.500. The van der Waals surface area contributed by atoms with Crippen molar-refractivity contribution < 1.29 is 9.32 Å². The molecule has 2 aromatic rings. The van der Waals surface area contributed by atoms with Crippen LogP contribution in [0.1, 0.15) is 25.2 Å². The van der Waals surface area contributed by atoms with Gasteiger partial charge in [-0.1, -0.05) is 42.4 Å². The fourth-order valence-corrected chi connectivity index (χ4v) is 3.57. The number of nitrogens with one attached hydrogen (secondary N) is 4. The number of carbonyl (C=O) groups excluding carboxylic acids is 1. The first-order valence-electron chi connectivity index (χ1n) is 9.11. The molecule has 4 rings (SSSR count). The molecule has 1 aromatic heterocycles. The van der Waals surface area contributed by atoms with Gasteiger partial charge in [0.25, 0.3) is 0 Å². The van der Waals surface area contributed by atoms with E-state index in [4.69, 9.17) is 4.52 Å². The Balaban J connectivity index is 0.00000210. The van der Waals surface area contributed by atoms with Crippen molar-refractivity contribution in [1.82, 2.24) is 31.6 Å². The third kappa shape index (κ3) is 4.30. The van der Waals surface area contributed by atoms with E-state index in [0.717, 1.165) is 25.1 Å². The van der Waals surface area contributed by atoms with Gasteiger partial charge in [-0.2, -0.15) is 4.98 Å². The minimum absolute atomic E-state index is 0. The largest absolute Gasteiger partial charge is 0.354 e. The summed E-state index contributed by atoms with van der Waals surface area (Å²) in [5.41, 5.74) is 7.29.